The molecule has 0 saturated carbocycles. The summed E-state index contributed by atoms with van der Waals surface area (Å²) in [6.45, 7) is 1.91. The molecule has 0 aromatic heterocycles. The maximum atomic E-state index is 13.1. The molecular weight excluding hydrogens is 413 g/mol. The zero-order valence-electron chi connectivity index (χ0n) is 17.6. The van der Waals surface area contributed by atoms with Crippen molar-refractivity contribution >= 4 is 23.6 Å². The first-order valence-electron chi connectivity index (χ1n) is 10.7. The van der Waals surface area contributed by atoms with Crippen LogP contribution in [-0.2, 0) is 16.0 Å². The molecule has 0 unspecified atom stereocenters. The lowest BCUT2D eigenvalue weighted by atomic mass is 10.1. The van der Waals surface area contributed by atoms with Gasteiger partial charge in [-0.25, -0.2) is 4.39 Å². The molecule has 0 radical (unpaired) electrons. The molecule has 1 fully saturated rings. The van der Waals surface area contributed by atoms with E-state index in [-0.39, 0.29) is 48.8 Å². The van der Waals surface area contributed by atoms with E-state index in [1.54, 1.807) is 46.2 Å². The highest BCUT2D eigenvalue weighted by molar-refractivity contribution is 6.21. The average Bonchev–Trinajstić information content (AvgIpc) is 2.95. The number of hydrogen-bond donors (Lipinski definition) is 0. The minimum Gasteiger partial charge on any atom is -0.341 e. The van der Waals surface area contributed by atoms with Gasteiger partial charge in [-0.2, -0.15) is 0 Å². The van der Waals surface area contributed by atoms with Crippen molar-refractivity contribution in [2.24, 2.45) is 0 Å². The fourth-order valence-corrected chi connectivity index (χ4v) is 4.11. The van der Waals surface area contributed by atoms with Crippen molar-refractivity contribution in [2.45, 2.75) is 19.3 Å². The number of halogens is 1. The average molecular weight is 437 g/mol. The Morgan fingerprint density at radius 3 is 1.94 bits per heavy atom. The molecule has 2 aliphatic rings. The van der Waals surface area contributed by atoms with Crippen LogP contribution in [0.2, 0.25) is 0 Å². The molecule has 1 saturated heterocycles. The van der Waals surface area contributed by atoms with Gasteiger partial charge >= 0.3 is 0 Å². The van der Waals surface area contributed by atoms with Crippen molar-refractivity contribution < 1.29 is 23.6 Å². The number of rotatable bonds is 5. The largest absolute Gasteiger partial charge is 0.341 e. The van der Waals surface area contributed by atoms with E-state index in [1.165, 1.54) is 12.1 Å². The summed E-state index contributed by atoms with van der Waals surface area (Å²) >= 11 is 0. The second-order valence-corrected chi connectivity index (χ2v) is 7.98. The molecule has 166 valence electrons. The zero-order chi connectivity index (χ0) is 22.7. The molecule has 2 heterocycles. The van der Waals surface area contributed by atoms with Crippen molar-refractivity contribution in [3.8, 4) is 0 Å². The van der Waals surface area contributed by atoms with Gasteiger partial charge in [0.05, 0.1) is 17.5 Å². The van der Waals surface area contributed by atoms with Crippen LogP contribution in [0.25, 0.3) is 0 Å². The van der Waals surface area contributed by atoms with Gasteiger partial charge in [-0.3, -0.25) is 24.1 Å². The molecule has 0 spiro atoms. The highest BCUT2D eigenvalue weighted by Gasteiger charge is 2.35. The summed E-state index contributed by atoms with van der Waals surface area (Å²) < 4.78 is 13.1. The lowest BCUT2D eigenvalue weighted by Crippen LogP contribution is -2.39. The lowest BCUT2D eigenvalue weighted by Gasteiger charge is -2.23. The molecule has 7 nitrogen and oxygen atoms in total. The predicted octanol–water partition coefficient (Wildman–Crippen LogP) is 2.12. The van der Waals surface area contributed by atoms with Crippen LogP contribution >= 0.6 is 0 Å². The minimum atomic E-state index is -0.369. The first kappa shape index (κ1) is 21.7. The molecule has 2 aliphatic heterocycles. The van der Waals surface area contributed by atoms with Gasteiger partial charge in [0.2, 0.25) is 11.8 Å². The molecule has 2 aromatic carbocycles. The Hall–Kier alpha value is -3.55. The smallest absolute Gasteiger partial charge is 0.261 e. The van der Waals surface area contributed by atoms with E-state index < -0.39 is 0 Å². The van der Waals surface area contributed by atoms with E-state index in [1.807, 2.05) is 0 Å². The van der Waals surface area contributed by atoms with Crippen LogP contribution in [0.15, 0.2) is 48.5 Å². The van der Waals surface area contributed by atoms with Gasteiger partial charge in [-0.15, -0.1) is 0 Å². The third-order valence-corrected chi connectivity index (χ3v) is 5.90. The van der Waals surface area contributed by atoms with Crippen molar-refractivity contribution in [1.82, 2.24) is 14.7 Å². The Kier molecular flexibility index (Phi) is 6.30. The van der Waals surface area contributed by atoms with Gasteiger partial charge in [-0.05, 0) is 36.2 Å². The van der Waals surface area contributed by atoms with Gasteiger partial charge < -0.3 is 9.80 Å². The van der Waals surface area contributed by atoms with Gasteiger partial charge in [0.25, 0.3) is 11.8 Å². The third kappa shape index (κ3) is 4.54. The van der Waals surface area contributed by atoms with E-state index in [2.05, 4.69) is 0 Å². The molecule has 0 bridgehead atoms. The van der Waals surface area contributed by atoms with Crippen molar-refractivity contribution in [1.29, 1.82) is 0 Å². The van der Waals surface area contributed by atoms with Gasteiger partial charge in [-0.1, -0.05) is 24.3 Å². The normalized spacial score (nSPS) is 16.2. The zero-order valence-corrected chi connectivity index (χ0v) is 17.6. The monoisotopic (exact) mass is 437 g/mol. The Morgan fingerprint density at radius 2 is 1.34 bits per heavy atom. The van der Waals surface area contributed by atoms with E-state index >= 15 is 0 Å². The van der Waals surface area contributed by atoms with Crippen molar-refractivity contribution in [3.05, 3.63) is 71.0 Å². The molecule has 2 aromatic rings. The number of hydrogen-bond acceptors (Lipinski definition) is 4. The van der Waals surface area contributed by atoms with Crippen LogP contribution in [-0.4, -0.2) is 71.1 Å². The van der Waals surface area contributed by atoms with Crippen LogP contribution < -0.4 is 0 Å². The minimum absolute atomic E-state index is 0.0366. The van der Waals surface area contributed by atoms with E-state index in [9.17, 15) is 23.6 Å². The second-order valence-electron chi connectivity index (χ2n) is 7.98. The molecule has 32 heavy (non-hydrogen) atoms. The number of benzene rings is 2. The number of carbonyl (C=O) groups is 4. The topological polar surface area (TPSA) is 78.0 Å². The maximum Gasteiger partial charge on any atom is 0.261 e. The lowest BCUT2D eigenvalue weighted by molar-refractivity contribution is -0.133. The van der Waals surface area contributed by atoms with Gasteiger partial charge in [0.1, 0.15) is 5.82 Å². The molecule has 0 atom stereocenters. The number of imide groups is 1. The molecule has 4 amide bonds. The number of fused-ring (bicyclic) bond motifs is 1. The quantitative estimate of drug-likeness (QED) is 0.672. The number of carbonyl (C=O) groups excluding carboxylic acids is 4. The summed E-state index contributed by atoms with van der Waals surface area (Å²) in [6, 6.07) is 12.5. The summed E-state index contributed by atoms with van der Waals surface area (Å²) in [6.07, 6.45) is 0.886. The highest BCUT2D eigenvalue weighted by Crippen LogP contribution is 2.22. The fourth-order valence-electron chi connectivity index (χ4n) is 4.11. The van der Waals surface area contributed by atoms with Crippen molar-refractivity contribution in [2.75, 3.05) is 32.7 Å². The Bertz CT molecular complexity index is 1020. The molecule has 0 N–H and O–H groups in total. The predicted molar refractivity (Wildman–Crippen MR) is 114 cm³/mol. The second kappa shape index (κ2) is 9.30. The SMILES string of the molecule is O=C(CCN1C(=O)c2ccccc2C1=O)N1CCCN(C(=O)Cc2ccc(F)cc2)CC1. The van der Waals surface area contributed by atoms with Crippen molar-refractivity contribution in [3.63, 3.8) is 0 Å². The van der Waals surface area contributed by atoms with Crippen LogP contribution in [0.1, 0.15) is 39.1 Å². The van der Waals surface area contributed by atoms with E-state index in [0.717, 1.165) is 10.5 Å². The van der Waals surface area contributed by atoms with Crippen LogP contribution in [0.5, 0.6) is 0 Å². The maximum absolute atomic E-state index is 13.1. The van der Waals surface area contributed by atoms with Crippen LogP contribution in [0.3, 0.4) is 0 Å². The Balaban J connectivity index is 1.28. The standard InChI is InChI=1S/C24H24FN3O4/c25-18-8-6-17(7-9-18)16-22(30)27-12-3-11-26(14-15-27)21(29)10-13-28-23(31)19-4-1-2-5-20(19)24(28)32/h1-2,4-9H,3,10-16H2. The fraction of sp³-hybridized carbons (Fsp3) is 0.333. The summed E-state index contributed by atoms with van der Waals surface area (Å²) in [5, 5.41) is 0. The molecule has 8 heteroatoms. The van der Waals surface area contributed by atoms with Crippen LogP contribution in [0.4, 0.5) is 4.39 Å². The first-order valence-corrected chi connectivity index (χ1v) is 10.7. The summed E-state index contributed by atoms with van der Waals surface area (Å²) in [7, 11) is 0. The molecular formula is C24H24FN3O4. The Morgan fingerprint density at radius 1 is 0.781 bits per heavy atom. The third-order valence-electron chi connectivity index (χ3n) is 5.90. The van der Waals surface area contributed by atoms with Crippen LogP contribution in [0, 0.1) is 5.82 Å². The summed E-state index contributed by atoms with van der Waals surface area (Å²) in [5.74, 6) is -1.28. The summed E-state index contributed by atoms with van der Waals surface area (Å²) in [4.78, 5) is 54.8. The van der Waals surface area contributed by atoms with E-state index in [0.29, 0.717) is 43.7 Å². The highest BCUT2D eigenvalue weighted by atomic mass is 19.1. The number of amides is 4. The first-order chi connectivity index (χ1) is 15.4. The molecule has 4 rings (SSSR count). The van der Waals surface area contributed by atoms with E-state index in [4.69, 9.17) is 0 Å². The molecule has 0 aliphatic carbocycles. The summed E-state index contributed by atoms with van der Waals surface area (Å²) in [5.41, 5.74) is 1.49. The Labute approximate surface area is 185 Å². The van der Waals surface area contributed by atoms with Gasteiger partial charge in [0.15, 0.2) is 0 Å². The number of nitrogens with zero attached hydrogens (tertiary/aromatic N) is 3. The van der Waals surface area contributed by atoms with Gasteiger partial charge in [0, 0.05) is 39.1 Å².